The average Bonchev–Trinajstić information content (AvgIpc) is 2.44. The van der Waals surface area contributed by atoms with Crippen molar-refractivity contribution in [3.05, 3.63) is 28.2 Å². The lowest BCUT2D eigenvalue weighted by Crippen LogP contribution is -2.29. The molecule has 4 nitrogen and oxygen atoms in total. The summed E-state index contributed by atoms with van der Waals surface area (Å²) in [6.45, 7) is 4.56. The Morgan fingerprint density at radius 2 is 2.10 bits per heavy atom. The standard InChI is InChI=1S/C15H21BrN2O2/c1-9-3-5-12(7-10(9)2)20-14-6-4-11(16)8-13(14)15(17)18-19/h4,6,8-10,12,19H,3,5,7H2,1-2H3,(H2,17,18). The van der Waals surface area contributed by atoms with Crippen molar-refractivity contribution in [2.75, 3.05) is 0 Å². The molecule has 0 aromatic heterocycles. The molecule has 1 aliphatic carbocycles. The molecule has 5 heteroatoms. The molecule has 0 radical (unpaired) electrons. The van der Waals surface area contributed by atoms with Gasteiger partial charge in [-0.2, -0.15) is 0 Å². The minimum atomic E-state index is 0.0681. The Kier molecular flexibility index (Phi) is 4.91. The molecule has 1 fully saturated rings. The fraction of sp³-hybridized carbons (Fsp3) is 0.533. The molecule has 0 spiro atoms. The fourth-order valence-corrected chi connectivity index (χ4v) is 3.00. The molecule has 0 amide bonds. The second-order valence-electron chi connectivity index (χ2n) is 5.63. The SMILES string of the molecule is CC1CCC(Oc2ccc(Br)cc2/C(N)=N/O)CC1C. The van der Waals surface area contributed by atoms with Gasteiger partial charge < -0.3 is 15.7 Å². The summed E-state index contributed by atoms with van der Waals surface area (Å²) in [5, 5.41) is 12.0. The zero-order chi connectivity index (χ0) is 14.7. The summed E-state index contributed by atoms with van der Waals surface area (Å²) in [6, 6.07) is 5.57. The molecule has 0 aliphatic heterocycles. The first-order chi connectivity index (χ1) is 9.51. The van der Waals surface area contributed by atoms with Crippen molar-refractivity contribution >= 4 is 21.8 Å². The molecule has 1 saturated carbocycles. The topological polar surface area (TPSA) is 67.8 Å². The number of halogens is 1. The lowest BCUT2D eigenvalue weighted by atomic mass is 9.80. The number of ether oxygens (including phenoxy) is 1. The highest BCUT2D eigenvalue weighted by atomic mass is 79.9. The summed E-state index contributed by atoms with van der Waals surface area (Å²) in [5.74, 6) is 2.16. The van der Waals surface area contributed by atoms with Crippen molar-refractivity contribution in [1.29, 1.82) is 0 Å². The van der Waals surface area contributed by atoms with Crippen LogP contribution in [0.4, 0.5) is 0 Å². The Hall–Kier alpha value is -1.23. The van der Waals surface area contributed by atoms with E-state index in [0.29, 0.717) is 17.2 Å². The number of rotatable bonds is 3. The fourth-order valence-electron chi connectivity index (χ4n) is 2.64. The van der Waals surface area contributed by atoms with Crippen LogP contribution in [0.5, 0.6) is 5.75 Å². The summed E-state index contributed by atoms with van der Waals surface area (Å²) in [5.41, 5.74) is 6.34. The number of hydrogen-bond acceptors (Lipinski definition) is 3. The smallest absolute Gasteiger partial charge is 0.173 e. The molecule has 3 N–H and O–H groups in total. The van der Waals surface area contributed by atoms with Gasteiger partial charge in [0, 0.05) is 4.47 Å². The largest absolute Gasteiger partial charge is 0.490 e. The minimum Gasteiger partial charge on any atom is -0.490 e. The first kappa shape index (κ1) is 15.2. The molecule has 1 aliphatic rings. The molecule has 2 rings (SSSR count). The van der Waals surface area contributed by atoms with Crippen LogP contribution in [0.1, 0.15) is 38.7 Å². The predicted octanol–water partition coefficient (Wildman–Crippen LogP) is 3.75. The van der Waals surface area contributed by atoms with E-state index >= 15 is 0 Å². The van der Waals surface area contributed by atoms with E-state index < -0.39 is 0 Å². The van der Waals surface area contributed by atoms with Gasteiger partial charge in [-0.25, -0.2) is 0 Å². The third-order valence-electron chi connectivity index (χ3n) is 4.17. The monoisotopic (exact) mass is 340 g/mol. The normalized spacial score (nSPS) is 27.4. The van der Waals surface area contributed by atoms with Crippen molar-refractivity contribution in [3.8, 4) is 5.75 Å². The van der Waals surface area contributed by atoms with Crippen LogP contribution in [0.3, 0.4) is 0 Å². The number of amidine groups is 1. The Labute approximate surface area is 128 Å². The Bertz CT molecular complexity index is 505. The molecule has 110 valence electrons. The van der Waals surface area contributed by atoms with Crippen LogP contribution in [-0.2, 0) is 0 Å². The van der Waals surface area contributed by atoms with Crippen LogP contribution < -0.4 is 10.5 Å². The van der Waals surface area contributed by atoms with Gasteiger partial charge in [0.25, 0.3) is 0 Å². The van der Waals surface area contributed by atoms with Gasteiger partial charge in [-0.3, -0.25) is 0 Å². The second kappa shape index (κ2) is 6.48. The van der Waals surface area contributed by atoms with Crippen LogP contribution in [0.25, 0.3) is 0 Å². The zero-order valence-electron chi connectivity index (χ0n) is 11.8. The molecule has 3 atom stereocenters. The van der Waals surface area contributed by atoms with E-state index in [2.05, 4.69) is 34.9 Å². The molecule has 20 heavy (non-hydrogen) atoms. The number of hydrogen-bond donors (Lipinski definition) is 2. The van der Waals surface area contributed by atoms with E-state index in [-0.39, 0.29) is 11.9 Å². The average molecular weight is 341 g/mol. The summed E-state index contributed by atoms with van der Waals surface area (Å²) < 4.78 is 6.96. The first-order valence-electron chi connectivity index (χ1n) is 6.95. The summed E-state index contributed by atoms with van der Waals surface area (Å²) in [6.07, 6.45) is 3.48. The Morgan fingerprint density at radius 3 is 2.75 bits per heavy atom. The number of oxime groups is 1. The molecule has 3 unspecified atom stereocenters. The van der Waals surface area contributed by atoms with E-state index in [0.717, 1.165) is 23.2 Å². The summed E-state index contributed by atoms with van der Waals surface area (Å²) >= 11 is 3.39. The van der Waals surface area contributed by atoms with Crippen LogP contribution in [0.2, 0.25) is 0 Å². The van der Waals surface area contributed by atoms with Crippen LogP contribution in [0, 0.1) is 11.8 Å². The third-order valence-corrected chi connectivity index (χ3v) is 4.66. The second-order valence-corrected chi connectivity index (χ2v) is 6.55. The molecule has 0 bridgehead atoms. The van der Waals surface area contributed by atoms with E-state index in [4.69, 9.17) is 15.7 Å². The van der Waals surface area contributed by atoms with E-state index in [1.54, 1.807) is 6.07 Å². The lowest BCUT2D eigenvalue weighted by molar-refractivity contribution is 0.100. The van der Waals surface area contributed by atoms with Crippen molar-refractivity contribution in [2.45, 2.75) is 39.2 Å². The lowest BCUT2D eigenvalue weighted by Gasteiger charge is -2.32. The van der Waals surface area contributed by atoms with Crippen molar-refractivity contribution in [1.82, 2.24) is 0 Å². The van der Waals surface area contributed by atoms with Crippen molar-refractivity contribution in [2.24, 2.45) is 22.7 Å². The van der Waals surface area contributed by atoms with E-state index in [1.807, 2.05) is 12.1 Å². The Morgan fingerprint density at radius 1 is 1.35 bits per heavy atom. The van der Waals surface area contributed by atoms with Gasteiger partial charge in [0.05, 0.1) is 11.7 Å². The molecule has 0 saturated heterocycles. The van der Waals surface area contributed by atoms with Gasteiger partial charge in [-0.15, -0.1) is 0 Å². The maximum absolute atomic E-state index is 8.88. The molecule has 0 heterocycles. The minimum absolute atomic E-state index is 0.0681. The maximum atomic E-state index is 8.88. The molecule has 1 aromatic rings. The summed E-state index contributed by atoms with van der Waals surface area (Å²) in [7, 11) is 0. The van der Waals surface area contributed by atoms with E-state index in [9.17, 15) is 0 Å². The third kappa shape index (κ3) is 3.45. The highest BCUT2D eigenvalue weighted by molar-refractivity contribution is 9.10. The van der Waals surface area contributed by atoms with Gasteiger partial charge in [-0.1, -0.05) is 34.9 Å². The van der Waals surface area contributed by atoms with Crippen molar-refractivity contribution in [3.63, 3.8) is 0 Å². The molecular weight excluding hydrogens is 320 g/mol. The van der Waals surface area contributed by atoms with Gasteiger partial charge in [0.1, 0.15) is 5.75 Å². The van der Waals surface area contributed by atoms with Gasteiger partial charge >= 0.3 is 0 Å². The zero-order valence-corrected chi connectivity index (χ0v) is 13.4. The summed E-state index contributed by atoms with van der Waals surface area (Å²) in [4.78, 5) is 0. The first-order valence-corrected chi connectivity index (χ1v) is 7.74. The highest BCUT2D eigenvalue weighted by Gasteiger charge is 2.26. The maximum Gasteiger partial charge on any atom is 0.173 e. The van der Waals surface area contributed by atoms with Crippen LogP contribution >= 0.6 is 15.9 Å². The predicted molar refractivity (Wildman–Crippen MR) is 83.2 cm³/mol. The van der Waals surface area contributed by atoms with Crippen LogP contribution in [0.15, 0.2) is 27.8 Å². The highest BCUT2D eigenvalue weighted by Crippen LogP contribution is 2.33. The molecular formula is C15H21BrN2O2. The number of benzene rings is 1. The molecule has 1 aromatic carbocycles. The van der Waals surface area contributed by atoms with Gasteiger partial charge in [0.2, 0.25) is 0 Å². The van der Waals surface area contributed by atoms with E-state index in [1.165, 1.54) is 6.42 Å². The van der Waals surface area contributed by atoms with Gasteiger partial charge in [0.15, 0.2) is 5.84 Å². The number of nitrogens with two attached hydrogens (primary N) is 1. The number of nitrogens with zero attached hydrogens (tertiary/aromatic N) is 1. The van der Waals surface area contributed by atoms with Gasteiger partial charge in [-0.05, 0) is 49.3 Å². The van der Waals surface area contributed by atoms with Crippen molar-refractivity contribution < 1.29 is 9.94 Å². The van der Waals surface area contributed by atoms with Crippen LogP contribution in [-0.4, -0.2) is 17.1 Å². The Balaban J connectivity index is 2.17. The quantitative estimate of drug-likeness (QED) is 0.381.